The summed E-state index contributed by atoms with van der Waals surface area (Å²) in [5, 5.41) is 0.755. The van der Waals surface area contributed by atoms with Crippen molar-refractivity contribution in [3.8, 4) is 16.5 Å². The van der Waals surface area contributed by atoms with Gasteiger partial charge in [0.1, 0.15) is 27.4 Å². The lowest BCUT2D eigenvalue weighted by Crippen LogP contribution is -2.38. The van der Waals surface area contributed by atoms with Crippen molar-refractivity contribution in [1.82, 2.24) is 19.9 Å². The molecule has 0 radical (unpaired) electrons. The lowest BCUT2D eigenvalue weighted by molar-refractivity contribution is 0.0574. The highest BCUT2D eigenvalue weighted by Gasteiger charge is 2.34. The fraction of sp³-hybridized carbons (Fsp3) is 0.308. The summed E-state index contributed by atoms with van der Waals surface area (Å²) in [4.78, 5) is 29.7. The van der Waals surface area contributed by atoms with Gasteiger partial charge in [0.15, 0.2) is 0 Å². The zero-order chi connectivity index (χ0) is 23.5. The Morgan fingerprint density at radius 2 is 2.03 bits per heavy atom. The van der Waals surface area contributed by atoms with Gasteiger partial charge in [-0.15, -0.1) is 11.3 Å². The van der Waals surface area contributed by atoms with Crippen molar-refractivity contribution in [2.75, 3.05) is 13.7 Å². The molecule has 1 fully saturated rings. The molecule has 1 aliphatic heterocycles. The van der Waals surface area contributed by atoms with Crippen molar-refractivity contribution >= 4 is 17.2 Å². The number of methoxy groups -OCH3 is 1. The summed E-state index contributed by atoms with van der Waals surface area (Å²) >= 11 is 1.39. The molecule has 7 nitrogen and oxygen atoms in total. The van der Waals surface area contributed by atoms with E-state index in [2.05, 4.69) is 15.0 Å². The molecule has 1 amide bonds. The van der Waals surface area contributed by atoms with Gasteiger partial charge in [-0.2, -0.15) is 0 Å². The quantitative estimate of drug-likeness (QED) is 0.369. The molecule has 4 heterocycles. The maximum absolute atomic E-state index is 13.6. The second-order valence-corrected chi connectivity index (χ2v) is 9.31. The van der Waals surface area contributed by atoms with E-state index in [0.29, 0.717) is 23.7 Å². The highest BCUT2D eigenvalue weighted by Crippen LogP contribution is 2.35. The minimum atomic E-state index is -0.188. The lowest BCUT2D eigenvalue weighted by atomic mass is 10.0. The Morgan fingerprint density at radius 1 is 1.18 bits per heavy atom. The molecule has 1 aliphatic rings. The maximum Gasteiger partial charge on any atom is 0.266 e. The van der Waals surface area contributed by atoms with Gasteiger partial charge >= 0.3 is 0 Å². The van der Waals surface area contributed by atoms with Gasteiger partial charge in [0, 0.05) is 24.7 Å². The average Bonchev–Trinajstić information content (AvgIpc) is 3.51. The van der Waals surface area contributed by atoms with E-state index in [4.69, 9.17) is 9.15 Å². The largest absolute Gasteiger partial charge is 0.496 e. The summed E-state index contributed by atoms with van der Waals surface area (Å²) in [5.41, 5.74) is 2.54. The third-order valence-corrected chi connectivity index (χ3v) is 7.22. The number of hydrogen-bond donors (Lipinski definition) is 0. The standard InChI is InChI=1S/C26H26N4O3S/c1-17-23(34-25(29-17)20-10-5-7-13-27-20)26(31)30-14-8-6-11-21(30)24-28-16-19(33-24)15-18-9-3-4-12-22(18)32-2/h3-5,7,9-10,12-13,16,21H,6,8,11,14-15H2,1-2H3/t21-/m0/s1. The number of aryl methyl sites for hydroxylation is 1. The van der Waals surface area contributed by atoms with Crippen LogP contribution in [0.25, 0.3) is 10.7 Å². The van der Waals surface area contributed by atoms with E-state index in [9.17, 15) is 4.79 Å². The smallest absolute Gasteiger partial charge is 0.266 e. The summed E-state index contributed by atoms with van der Waals surface area (Å²) in [7, 11) is 1.66. The summed E-state index contributed by atoms with van der Waals surface area (Å²) in [6, 6.07) is 13.4. The number of hydrogen-bond acceptors (Lipinski definition) is 7. The van der Waals surface area contributed by atoms with E-state index >= 15 is 0 Å². The molecule has 0 aliphatic carbocycles. The van der Waals surface area contributed by atoms with Gasteiger partial charge in [-0.3, -0.25) is 9.78 Å². The van der Waals surface area contributed by atoms with E-state index in [-0.39, 0.29) is 11.9 Å². The molecule has 0 spiro atoms. The SMILES string of the molecule is COc1ccccc1Cc1cnc([C@@H]2CCCCN2C(=O)c2sc(-c3ccccn3)nc2C)o1. The number of benzene rings is 1. The Balaban J connectivity index is 1.38. The topological polar surface area (TPSA) is 81.4 Å². The Hall–Kier alpha value is -3.52. The lowest BCUT2D eigenvalue weighted by Gasteiger charge is -2.33. The van der Waals surface area contributed by atoms with E-state index in [1.54, 1.807) is 19.5 Å². The Bertz CT molecular complexity index is 1280. The predicted molar refractivity (Wildman–Crippen MR) is 130 cm³/mol. The van der Waals surface area contributed by atoms with E-state index < -0.39 is 0 Å². The third kappa shape index (κ3) is 4.46. The first-order valence-electron chi connectivity index (χ1n) is 11.4. The number of amides is 1. The van der Waals surface area contributed by atoms with Crippen molar-refractivity contribution in [2.45, 2.75) is 38.6 Å². The molecule has 5 rings (SSSR count). The summed E-state index contributed by atoms with van der Waals surface area (Å²) < 4.78 is 11.6. The van der Waals surface area contributed by atoms with Crippen LogP contribution in [0, 0.1) is 6.92 Å². The highest BCUT2D eigenvalue weighted by atomic mass is 32.1. The Morgan fingerprint density at radius 3 is 2.85 bits per heavy atom. The molecule has 0 saturated carbocycles. The molecule has 0 N–H and O–H groups in total. The van der Waals surface area contributed by atoms with Gasteiger partial charge in [0.2, 0.25) is 5.89 Å². The molecular formula is C26H26N4O3S. The zero-order valence-corrected chi connectivity index (χ0v) is 20.0. The second kappa shape index (κ2) is 9.77. The molecule has 4 aromatic rings. The molecule has 1 aromatic carbocycles. The van der Waals surface area contributed by atoms with Gasteiger partial charge in [0.25, 0.3) is 5.91 Å². The molecule has 0 unspecified atom stereocenters. The Kier molecular flexibility index (Phi) is 6.40. The number of piperidine rings is 1. The fourth-order valence-corrected chi connectivity index (χ4v) is 5.35. The number of ether oxygens (including phenoxy) is 1. The number of rotatable bonds is 6. The van der Waals surface area contributed by atoms with Crippen LogP contribution >= 0.6 is 11.3 Å². The van der Waals surface area contributed by atoms with Crippen LogP contribution in [-0.4, -0.2) is 39.4 Å². The zero-order valence-electron chi connectivity index (χ0n) is 19.2. The maximum atomic E-state index is 13.6. The fourth-order valence-electron chi connectivity index (χ4n) is 4.35. The van der Waals surface area contributed by atoms with Crippen molar-refractivity contribution in [1.29, 1.82) is 0 Å². The van der Waals surface area contributed by atoms with Crippen LogP contribution < -0.4 is 4.74 Å². The molecule has 34 heavy (non-hydrogen) atoms. The van der Waals surface area contributed by atoms with E-state index in [0.717, 1.165) is 52.7 Å². The van der Waals surface area contributed by atoms with Crippen LogP contribution in [-0.2, 0) is 6.42 Å². The molecule has 0 bridgehead atoms. The second-order valence-electron chi connectivity index (χ2n) is 8.31. The molecule has 8 heteroatoms. The first-order chi connectivity index (χ1) is 16.6. The molecule has 3 aromatic heterocycles. The van der Waals surface area contributed by atoms with E-state index in [1.165, 1.54) is 11.3 Å². The van der Waals surface area contributed by atoms with Crippen LogP contribution in [0.2, 0.25) is 0 Å². The molecule has 1 atom stereocenters. The number of carbonyl (C=O) groups excluding carboxylic acids is 1. The van der Waals surface area contributed by atoms with Crippen LogP contribution in [0.5, 0.6) is 5.75 Å². The van der Waals surface area contributed by atoms with Crippen LogP contribution in [0.3, 0.4) is 0 Å². The van der Waals surface area contributed by atoms with Gasteiger partial charge in [-0.25, -0.2) is 9.97 Å². The molecule has 174 valence electrons. The van der Waals surface area contributed by atoms with Gasteiger partial charge in [0.05, 0.1) is 24.7 Å². The number of nitrogens with zero attached hydrogens (tertiary/aromatic N) is 4. The highest BCUT2D eigenvalue weighted by molar-refractivity contribution is 7.17. The third-order valence-electron chi connectivity index (χ3n) is 6.05. The predicted octanol–water partition coefficient (Wildman–Crippen LogP) is 5.47. The number of aromatic nitrogens is 3. The van der Waals surface area contributed by atoms with Crippen LogP contribution in [0.4, 0.5) is 0 Å². The minimum Gasteiger partial charge on any atom is -0.496 e. The number of para-hydroxylation sites is 1. The monoisotopic (exact) mass is 474 g/mol. The van der Waals surface area contributed by atoms with Crippen LogP contribution in [0.15, 0.2) is 59.3 Å². The average molecular weight is 475 g/mol. The van der Waals surface area contributed by atoms with Crippen LogP contribution in [0.1, 0.15) is 57.9 Å². The molecule has 1 saturated heterocycles. The Labute approximate surface area is 202 Å². The molecular weight excluding hydrogens is 448 g/mol. The van der Waals surface area contributed by atoms with Crippen molar-refractivity contribution < 1.29 is 13.9 Å². The summed E-state index contributed by atoms with van der Waals surface area (Å²) in [5.74, 6) is 2.14. The van der Waals surface area contributed by atoms with Crippen molar-refractivity contribution in [3.05, 3.63) is 82.6 Å². The van der Waals surface area contributed by atoms with Gasteiger partial charge < -0.3 is 14.1 Å². The summed E-state index contributed by atoms with van der Waals surface area (Å²) in [6.45, 7) is 2.55. The number of thiazole rings is 1. The summed E-state index contributed by atoms with van der Waals surface area (Å²) in [6.07, 6.45) is 6.89. The van der Waals surface area contributed by atoms with E-state index in [1.807, 2.05) is 54.3 Å². The number of likely N-dealkylation sites (tertiary alicyclic amines) is 1. The number of pyridine rings is 1. The van der Waals surface area contributed by atoms with Gasteiger partial charge in [-0.1, -0.05) is 24.3 Å². The first kappa shape index (κ1) is 22.3. The first-order valence-corrected chi connectivity index (χ1v) is 12.2. The van der Waals surface area contributed by atoms with Gasteiger partial charge in [-0.05, 0) is 44.4 Å². The van der Waals surface area contributed by atoms with Crippen molar-refractivity contribution in [3.63, 3.8) is 0 Å². The minimum absolute atomic E-state index is 0.0219. The normalized spacial score (nSPS) is 15.9. The van der Waals surface area contributed by atoms with Crippen molar-refractivity contribution in [2.24, 2.45) is 0 Å². The number of oxazole rings is 1. The number of carbonyl (C=O) groups is 1.